The van der Waals surface area contributed by atoms with E-state index >= 15 is 0 Å². The van der Waals surface area contributed by atoms with Gasteiger partial charge < -0.3 is 9.16 Å². The van der Waals surface area contributed by atoms with Crippen molar-refractivity contribution < 1.29 is 14.0 Å². The highest BCUT2D eigenvalue weighted by Gasteiger charge is 2.28. The van der Waals surface area contributed by atoms with E-state index in [-0.39, 0.29) is 12.6 Å². The van der Waals surface area contributed by atoms with Crippen LogP contribution in [0, 0.1) is 0 Å². The van der Waals surface area contributed by atoms with E-state index in [2.05, 4.69) is 4.74 Å². The van der Waals surface area contributed by atoms with Gasteiger partial charge in [-0.15, -0.1) is 22.2 Å². The predicted octanol–water partition coefficient (Wildman–Crippen LogP) is 1.61. The van der Waals surface area contributed by atoms with Crippen LogP contribution in [0.1, 0.15) is 6.92 Å². The second-order valence-corrected chi connectivity index (χ2v) is 8.36. The molecule has 0 aliphatic carbocycles. The number of rotatable bonds is 4. The summed E-state index contributed by atoms with van der Waals surface area (Å²) in [5.74, 6) is -0.334. The number of carbonyl (C=O) groups excluding carboxylic acids is 1. The third-order valence-electron chi connectivity index (χ3n) is 0.997. The van der Waals surface area contributed by atoms with E-state index < -0.39 is 6.94 Å². The summed E-state index contributed by atoms with van der Waals surface area (Å²) in [6, 6.07) is 0.395. The number of ether oxygens (including phenoxy) is 1. The Kier molecular flexibility index (Phi) is 5.08. The third kappa shape index (κ3) is 6.62. The van der Waals surface area contributed by atoms with Gasteiger partial charge in [-0.3, -0.25) is 4.79 Å². The molecule has 0 spiro atoms. The molecule has 0 bridgehead atoms. The van der Waals surface area contributed by atoms with Gasteiger partial charge in [0, 0.05) is 20.1 Å². The van der Waals surface area contributed by atoms with E-state index in [4.69, 9.17) is 26.6 Å². The first kappa shape index (κ1) is 11.2. The van der Waals surface area contributed by atoms with Crippen LogP contribution in [0.3, 0.4) is 0 Å². The second kappa shape index (κ2) is 4.98. The SMILES string of the molecule is CO[Si](Cl)(Cl)CCOC(C)=O. The minimum atomic E-state index is -2.58. The highest BCUT2D eigenvalue weighted by molar-refractivity contribution is 7.42. The predicted molar refractivity (Wildman–Crippen MR) is 45.9 cm³/mol. The lowest BCUT2D eigenvalue weighted by atomic mass is 10.8. The first-order valence-corrected chi connectivity index (χ1v) is 7.18. The molecule has 0 aromatic carbocycles. The van der Waals surface area contributed by atoms with Crippen LogP contribution in [0.15, 0.2) is 0 Å². The molecule has 0 amide bonds. The van der Waals surface area contributed by atoms with Crippen LogP contribution >= 0.6 is 22.2 Å². The molecule has 0 unspecified atom stereocenters. The maximum absolute atomic E-state index is 10.3. The lowest BCUT2D eigenvalue weighted by molar-refractivity contribution is -0.140. The van der Waals surface area contributed by atoms with Gasteiger partial charge in [-0.25, -0.2) is 0 Å². The first-order chi connectivity index (χ1) is 4.98. The van der Waals surface area contributed by atoms with Gasteiger partial charge in [0.25, 0.3) is 0 Å². The van der Waals surface area contributed by atoms with Crippen LogP contribution in [0.2, 0.25) is 6.04 Å². The molecule has 0 N–H and O–H groups in total. The highest BCUT2D eigenvalue weighted by atomic mass is 35.7. The summed E-state index contributed by atoms with van der Waals surface area (Å²) in [6.07, 6.45) is 0. The van der Waals surface area contributed by atoms with Crippen LogP contribution in [0.4, 0.5) is 0 Å². The number of hydrogen-bond donors (Lipinski definition) is 0. The van der Waals surface area contributed by atoms with E-state index in [1.165, 1.54) is 14.0 Å². The molecule has 6 heteroatoms. The Labute approximate surface area is 76.1 Å². The third-order valence-corrected chi connectivity index (χ3v) is 4.44. The van der Waals surface area contributed by atoms with E-state index in [1.807, 2.05) is 0 Å². The van der Waals surface area contributed by atoms with Crippen LogP contribution in [0.5, 0.6) is 0 Å². The van der Waals surface area contributed by atoms with Crippen molar-refractivity contribution in [2.24, 2.45) is 0 Å². The quantitative estimate of drug-likeness (QED) is 0.407. The fraction of sp³-hybridized carbons (Fsp3) is 0.800. The van der Waals surface area contributed by atoms with Gasteiger partial charge in [-0.1, -0.05) is 0 Å². The molecule has 0 atom stereocenters. The Hall–Kier alpha value is 0.227. The van der Waals surface area contributed by atoms with Gasteiger partial charge in [-0.05, 0) is 0 Å². The van der Waals surface area contributed by atoms with Gasteiger partial charge in [0.1, 0.15) is 0 Å². The molecule has 0 radical (unpaired) electrons. The summed E-state index contributed by atoms with van der Waals surface area (Å²) in [5, 5.41) is 0. The highest BCUT2D eigenvalue weighted by Crippen LogP contribution is 2.20. The van der Waals surface area contributed by atoms with Crippen molar-refractivity contribution in [1.82, 2.24) is 0 Å². The summed E-state index contributed by atoms with van der Waals surface area (Å²) < 4.78 is 9.42. The molecule has 0 rings (SSSR count). The zero-order valence-corrected chi connectivity index (χ0v) is 8.91. The molecular weight excluding hydrogens is 207 g/mol. The molecule has 11 heavy (non-hydrogen) atoms. The lowest BCUT2D eigenvalue weighted by Gasteiger charge is -2.12. The Morgan fingerprint density at radius 3 is 2.45 bits per heavy atom. The molecule has 0 fully saturated rings. The maximum Gasteiger partial charge on any atom is 0.392 e. The van der Waals surface area contributed by atoms with Crippen molar-refractivity contribution in [2.75, 3.05) is 13.7 Å². The number of hydrogen-bond acceptors (Lipinski definition) is 3. The lowest BCUT2D eigenvalue weighted by Crippen LogP contribution is -2.24. The monoisotopic (exact) mass is 216 g/mol. The van der Waals surface area contributed by atoms with Crippen LogP contribution < -0.4 is 0 Å². The Balaban J connectivity index is 3.45. The Morgan fingerprint density at radius 1 is 1.55 bits per heavy atom. The molecule has 3 nitrogen and oxygen atoms in total. The second-order valence-electron chi connectivity index (χ2n) is 1.93. The maximum atomic E-state index is 10.3. The molecule has 0 aliphatic rings. The van der Waals surface area contributed by atoms with Crippen molar-refractivity contribution in [3.8, 4) is 0 Å². The average molecular weight is 217 g/mol. The number of esters is 1. The summed E-state index contributed by atoms with van der Waals surface area (Å²) >= 11 is 11.4. The average Bonchev–Trinajstić information content (AvgIpc) is 1.87. The topological polar surface area (TPSA) is 35.5 Å². The smallest absolute Gasteiger partial charge is 0.392 e. The molecule has 0 aliphatic heterocycles. The normalized spacial score (nSPS) is 11.3. The van der Waals surface area contributed by atoms with Gasteiger partial charge in [0.2, 0.25) is 0 Å². The van der Waals surface area contributed by atoms with Crippen LogP contribution in [-0.4, -0.2) is 26.6 Å². The van der Waals surface area contributed by atoms with Gasteiger partial charge in [-0.2, -0.15) is 0 Å². The summed E-state index contributed by atoms with van der Waals surface area (Å²) in [6.45, 7) is -1.02. The van der Waals surface area contributed by atoms with Gasteiger partial charge in [0.15, 0.2) is 0 Å². The molecule has 0 heterocycles. The Bertz CT molecular complexity index is 140. The minimum absolute atomic E-state index is 0.225. The van der Waals surface area contributed by atoms with E-state index in [0.717, 1.165) is 0 Å². The zero-order chi connectivity index (χ0) is 8.91. The van der Waals surface area contributed by atoms with Crippen molar-refractivity contribution in [2.45, 2.75) is 13.0 Å². The fourth-order valence-electron chi connectivity index (χ4n) is 0.416. The summed E-state index contributed by atoms with van der Waals surface area (Å²) in [7, 11) is 1.44. The molecule has 0 aromatic rings. The zero-order valence-electron chi connectivity index (χ0n) is 6.39. The largest absolute Gasteiger partial charge is 0.466 e. The van der Waals surface area contributed by atoms with E-state index in [1.54, 1.807) is 0 Å². The van der Waals surface area contributed by atoms with Crippen LogP contribution in [-0.2, 0) is 14.0 Å². The number of halogens is 2. The van der Waals surface area contributed by atoms with Crippen molar-refractivity contribution in [3.05, 3.63) is 0 Å². The molecule has 66 valence electrons. The van der Waals surface area contributed by atoms with Crippen molar-refractivity contribution >= 4 is 35.1 Å². The van der Waals surface area contributed by atoms with Crippen LogP contribution in [0.25, 0.3) is 0 Å². The summed E-state index contributed by atoms with van der Waals surface area (Å²) in [4.78, 5) is 10.3. The van der Waals surface area contributed by atoms with E-state index in [9.17, 15) is 4.79 Å². The first-order valence-electron chi connectivity index (χ1n) is 3.04. The van der Waals surface area contributed by atoms with Crippen molar-refractivity contribution in [1.29, 1.82) is 0 Å². The Morgan fingerprint density at radius 2 is 2.09 bits per heavy atom. The minimum Gasteiger partial charge on any atom is -0.466 e. The van der Waals surface area contributed by atoms with Gasteiger partial charge in [0.05, 0.1) is 6.61 Å². The van der Waals surface area contributed by atoms with Gasteiger partial charge >= 0.3 is 12.9 Å². The standard InChI is InChI=1S/C5H10Cl2O3Si/c1-5(8)10-3-4-11(6,7)9-2/h3-4H2,1-2H3. The number of carbonyl (C=O) groups is 1. The fourth-order valence-corrected chi connectivity index (χ4v) is 1.42. The van der Waals surface area contributed by atoms with Crippen molar-refractivity contribution in [3.63, 3.8) is 0 Å². The summed E-state index contributed by atoms with van der Waals surface area (Å²) in [5.41, 5.74) is 0. The molecule has 0 aromatic heterocycles. The molecule has 0 saturated heterocycles. The molecular formula is C5H10Cl2O3Si. The molecule has 0 saturated carbocycles. The van der Waals surface area contributed by atoms with E-state index in [0.29, 0.717) is 6.04 Å².